The van der Waals surface area contributed by atoms with E-state index in [9.17, 15) is 0 Å². The predicted octanol–water partition coefficient (Wildman–Crippen LogP) is 2.12. The molecule has 1 heterocycles. The number of hydrogen-bond donors (Lipinski definition) is 1. The molecule has 1 aliphatic heterocycles. The molecule has 0 unspecified atom stereocenters. The maximum Gasteiger partial charge on any atom is 0.135 e. The molecule has 5 heteroatoms. The lowest BCUT2D eigenvalue weighted by Gasteiger charge is -2.32. The summed E-state index contributed by atoms with van der Waals surface area (Å²) in [5, 5.41) is 3.45. The molecule has 0 aromatic heterocycles. The highest BCUT2D eigenvalue weighted by atomic mass is 79.9. The number of anilines is 1. The van der Waals surface area contributed by atoms with E-state index in [0.717, 1.165) is 29.0 Å². The number of benzene rings is 1. The van der Waals surface area contributed by atoms with Gasteiger partial charge < -0.3 is 15.0 Å². The summed E-state index contributed by atoms with van der Waals surface area (Å²) in [4.78, 5) is 4.88. The molecule has 1 saturated heterocycles. The molecular formula is C14H22BrN3O. The Morgan fingerprint density at radius 1 is 1.26 bits per heavy atom. The van der Waals surface area contributed by atoms with E-state index >= 15 is 0 Å². The lowest BCUT2D eigenvalue weighted by Crippen LogP contribution is -2.45. The minimum atomic E-state index is 0.865. The first-order valence-electron chi connectivity index (χ1n) is 6.67. The molecular weight excluding hydrogens is 306 g/mol. The Balaban J connectivity index is 1.76. The van der Waals surface area contributed by atoms with Crippen LogP contribution < -0.4 is 10.1 Å². The molecule has 106 valence electrons. The zero-order valence-corrected chi connectivity index (χ0v) is 13.2. The second-order valence-electron chi connectivity index (χ2n) is 4.92. The Hall–Kier alpha value is -0.780. The van der Waals surface area contributed by atoms with Crippen molar-refractivity contribution in [2.45, 2.75) is 0 Å². The van der Waals surface area contributed by atoms with Crippen molar-refractivity contribution in [2.24, 2.45) is 0 Å². The first kappa shape index (κ1) is 14.6. The molecule has 19 heavy (non-hydrogen) atoms. The first-order valence-corrected chi connectivity index (χ1v) is 7.46. The lowest BCUT2D eigenvalue weighted by atomic mass is 10.3. The van der Waals surface area contributed by atoms with Gasteiger partial charge in [0.1, 0.15) is 5.75 Å². The molecule has 0 bridgehead atoms. The van der Waals surface area contributed by atoms with Crippen LogP contribution in [0.3, 0.4) is 0 Å². The topological polar surface area (TPSA) is 27.7 Å². The summed E-state index contributed by atoms with van der Waals surface area (Å²) >= 11 is 3.46. The average Bonchev–Trinajstić information content (AvgIpc) is 2.43. The minimum Gasteiger partial charge on any atom is -0.495 e. The number of likely N-dealkylation sites (N-methyl/N-ethyl adjacent to an activating group) is 1. The van der Waals surface area contributed by atoms with Crippen molar-refractivity contribution in [3.8, 4) is 5.75 Å². The zero-order chi connectivity index (χ0) is 13.7. The number of methoxy groups -OCH3 is 1. The monoisotopic (exact) mass is 327 g/mol. The highest BCUT2D eigenvalue weighted by Crippen LogP contribution is 2.27. The smallest absolute Gasteiger partial charge is 0.135 e. The van der Waals surface area contributed by atoms with Crippen molar-refractivity contribution in [2.75, 3.05) is 58.7 Å². The summed E-state index contributed by atoms with van der Waals surface area (Å²) in [6.07, 6.45) is 0. The maximum absolute atomic E-state index is 5.29. The van der Waals surface area contributed by atoms with E-state index in [0.29, 0.717) is 0 Å². The van der Waals surface area contributed by atoms with Crippen LogP contribution in [0, 0.1) is 0 Å². The van der Waals surface area contributed by atoms with Gasteiger partial charge in [-0.25, -0.2) is 0 Å². The lowest BCUT2D eigenvalue weighted by molar-refractivity contribution is 0.158. The largest absolute Gasteiger partial charge is 0.495 e. The number of rotatable bonds is 5. The van der Waals surface area contributed by atoms with E-state index in [1.165, 1.54) is 26.2 Å². The van der Waals surface area contributed by atoms with E-state index in [1.807, 2.05) is 12.1 Å². The molecule has 1 N–H and O–H groups in total. The quantitative estimate of drug-likeness (QED) is 0.896. The van der Waals surface area contributed by atoms with Crippen molar-refractivity contribution in [3.05, 3.63) is 22.7 Å². The number of nitrogens with one attached hydrogen (secondary N) is 1. The highest BCUT2D eigenvalue weighted by molar-refractivity contribution is 9.10. The molecule has 1 aliphatic rings. The fourth-order valence-electron chi connectivity index (χ4n) is 2.20. The third kappa shape index (κ3) is 4.37. The highest BCUT2D eigenvalue weighted by Gasteiger charge is 2.12. The van der Waals surface area contributed by atoms with Gasteiger partial charge in [-0.1, -0.05) is 0 Å². The molecule has 0 saturated carbocycles. The number of ether oxygens (including phenoxy) is 1. The third-order valence-corrected chi connectivity index (χ3v) is 4.16. The van der Waals surface area contributed by atoms with Crippen LogP contribution in [-0.4, -0.2) is 63.2 Å². The third-order valence-electron chi connectivity index (χ3n) is 3.50. The second-order valence-corrected chi connectivity index (χ2v) is 5.78. The summed E-state index contributed by atoms with van der Waals surface area (Å²) in [5.74, 6) is 0.865. The van der Waals surface area contributed by atoms with Crippen LogP contribution in [0.15, 0.2) is 22.7 Å². The van der Waals surface area contributed by atoms with Gasteiger partial charge in [-0.3, -0.25) is 4.90 Å². The van der Waals surface area contributed by atoms with E-state index < -0.39 is 0 Å². The summed E-state index contributed by atoms with van der Waals surface area (Å²) in [6.45, 7) is 6.74. The van der Waals surface area contributed by atoms with Gasteiger partial charge in [0.15, 0.2) is 0 Å². The number of halogens is 1. The standard InChI is InChI=1S/C14H22BrN3O/c1-17-7-9-18(10-8-17)6-5-16-12-3-4-13(15)14(11-12)19-2/h3-4,11,16H,5-10H2,1-2H3. The predicted molar refractivity (Wildman–Crippen MR) is 83.1 cm³/mol. The normalized spacial score (nSPS) is 17.4. The fourth-order valence-corrected chi connectivity index (χ4v) is 2.61. The minimum absolute atomic E-state index is 0.865. The molecule has 1 aromatic carbocycles. The Bertz CT molecular complexity index is 406. The number of piperazine rings is 1. The zero-order valence-electron chi connectivity index (χ0n) is 11.7. The van der Waals surface area contributed by atoms with Crippen LogP contribution in [0.1, 0.15) is 0 Å². The van der Waals surface area contributed by atoms with Gasteiger partial charge in [-0.15, -0.1) is 0 Å². The molecule has 0 amide bonds. The van der Waals surface area contributed by atoms with Gasteiger partial charge in [0, 0.05) is 51.0 Å². The van der Waals surface area contributed by atoms with Crippen LogP contribution in [0.5, 0.6) is 5.75 Å². The molecule has 0 aliphatic carbocycles. The first-order chi connectivity index (χ1) is 9.19. The van der Waals surface area contributed by atoms with Gasteiger partial charge in [0.05, 0.1) is 11.6 Å². The maximum atomic E-state index is 5.29. The Labute approximate surface area is 123 Å². The average molecular weight is 328 g/mol. The molecule has 2 rings (SSSR count). The van der Waals surface area contributed by atoms with Crippen molar-refractivity contribution < 1.29 is 4.74 Å². The molecule has 1 aromatic rings. The van der Waals surface area contributed by atoms with Crippen molar-refractivity contribution in [3.63, 3.8) is 0 Å². The van der Waals surface area contributed by atoms with Crippen LogP contribution in [0.4, 0.5) is 5.69 Å². The Morgan fingerprint density at radius 2 is 2.00 bits per heavy atom. The van der Waals surface area contributed by atoms with Crippen molar-refractivity contribution in [1.29, 1.82) is 0 Å². The van der Waals surface area contributed by atoms with Crippen LogP contribution in [0.2, 0.25) is 0 Å². The van der Waals surface area contributed by atoms with Crippen LogP contribution in [-0.2, 0) is 0 Å². The summed E-state index contributed by atoms with van der Waals surface area (Å²) < 4.78 is 6.28. The van der Waals surface area contributed by atoms with Gasteiger partial charge in [0.2, 0.25) is 0 Å². The molecule has 0 spiro atoms. The number of nitrogens with zero attached hydrogens (tertiary/aromatic N) is 2. The van der Waals surface area contributed by atoms with Gasteiger partial charge in [0.25, 0.3) is 0 Å². The summed E-state index contributed by atoms with van der Waals surface area (Å²) in [6, 6.07) is 6.10. The van der Waals surface area contributed by atoms with E-state index in [1.54, 1.807) is 7.11 Å². The van der Waals surface area contributed by atoms with Gasteiger partial charge in [-0.2, -0.15) is 0 Å². The van der Waals surface area contributed by atoms with Gasteiger partial charge >= 0.3 is 0 Å². The Kier molecular flexibility index (Phi) is 5.48. The van der Waals surface area contributed by atoms with Crippen LogP contribution in [0.25, 0.3) is 0 Å². The summed E-state index contributed by atoms with van der Waals surface area (Å²) in [5.41, 5.74) is 1.11. The molecule has 4 nitrogen and oxygen atoms in total. The van der Waals surface area contributed by atoms with E-state index in [2.05, 4.69) is 44.2 Å². The Morgan fingerprint density at radius 3 is 2.68 bits per heavy atom. The van der Waals surface area contributed by atoms with E-state index in [-0.39, 0.29) is 0 Å². The van der Waals surface area contributed by atoms with Gasteiger partial charge in [-0.05, 0) is 35.1 Å². The number of hydrogen-bond acceptors (Lipinski definition) is 4. The van der Waals surface area contributed by atoms with Crippen molar-refractivity contribution >= 4 is 21.6 Å². The molecule has 0 atom stereocenters. The molecule has 0 radical (unpaired) electrons. The second kappa shape index (κ2) is 7.12. The van der Waals surface area contributed by atoms with Crippen LogP contribution >= 0.6 is 15.9 Å². The van der Waals surface area contributed by atoms with E-state index in [4.69, 9.17) is 4.74 Å². The van der Waals surface area contributed by atoms with Crippen molar-refractivity contribution in [1.82, 2.24) is 9.80 Å². The SMILES string of the molecule is COc1cc(NCCN2CCN(C)CC2)ccc1Br. The molecule has 1 fully saturated rings. The summed E-state index contributed by atoms with van der Waals surface area (Å²) in [7, 11) is 3.87. The fraction of sp³-hybridized carbons (Fsp3) is 0.571.